The zero-order chi connectivity index (χ0) is 15.5. The number of rotatable bonds is 5. The maximum atomic E-state index is 12.6. The number of hydrogen-bond donors (Lipinski definition) is 1. The predicted molar refractivity (Wildman–Crippen MR) is 82.2 cm³/mol. The third-order valence-corrected chi connectivity index (χ3v) is 5.36. The van der Waals surface area contributed by atoms with E-state index in [1.165, 1.54) is 17.4 Å². The Bertz CT molecular complexity index is 720. The van der Waals surface area contributed by atoms with Crippen molar-refractivity contribution in [2.45, 2.75) is 18.0 Å². The van der Waals surface area contributed by atoms with Crippen LogP contribution in [0.4, 0.5) is 0 Å². The monoisotopic (exact) mass is 325 g/mol. The molecule has 0 aliphatic carbocycles. The maximum absolute atomic E-state index is 12.6. The molecule has 0 radical (unpaired) electrons. The summed E-state index contributed by atoms with van der Waals surface area (Å²) < 4.78 is 26.5. The van der Waals surface area contributed by atoms with Gasteiger partial charge in [-0.15, -0.1) is 0 Å². The van der Waals surface area contributed by atoms with Crippen LogP contribution >= 0.6 is 11.6 Å². The van der Waals surface area contributed by atoms with Crippen LogP contribution in [0, 0.1) is 0 Å². The highest BCUT2D eigenvalue weighted by Crippen LogP contribution is 2.26. The summed E-state index contributed by atoms with van der Waals surface area (Å²) in [4.78, 5) is 3.98. The van der Waals surface area contributed by atoms with E-state index in [2.05, 4.69) is 4.98 Å². The molecular formula is C14H16ClN3O2S. The van der Waals surface area contributed by atoms with Gasteiger partial charge < -0.3 is 5.73 Å². The third kappa shape index (κ3) is 3.59. The molecule has 0 aliphatic rings. The Balaban J connectivity index is 2.33. The Morgan fingerprint density at radius 2 is 1.86 bits per heavy atom. The molecular weight excluding hydrogens is 310 g/mol. The quantitative estimate of drug-likeness (QED) is 0.912. The van der Waals surface area contributed by atoms with Crippen LogP contribution in [-0.2, 0) is 23.1 Å². The van der Waals surface area contributed by atoms with E-state index in [9.17, 15) is 8.42 Å². The lowest BCUT2D eigenvalue weighted by Crippen LogP contribution is -2.27. The number of sulfonamides is 1. The minimum Gasteiger partial charge on any atom is -0.326 e. The average Bonchev–Trinajstić information content (AvgIpc) is 2.48. The van der Waals surface area contributed by atoms with E-state index in [1.807, 2.05) is 0 Å². The summed E-state index contributed by atoms with van der Waals surface area (Å²) in [6, 6.07) is 8.32. The molecule has 0 saturated heterocycles. The molecule has 0 amide bonds. The van der Waals surface area contributed by atoms with Gasteiger partial charge in [0.25, 0.3) is 0 Å². The predicted octanol–water partition coefficient (Wildman–Crippen LogP) is 2.01. The fourth-order valence-electron chi connectivity index (χ4n) is 1.87. The molecule has 2 aromatic rings. The minimum absolute atomic E-state index is 0.0728. The molecule has 1 aromatic heterocycles. The van der Waals surface area contributed by atoms with Crippen LogP contribution in [0.1, 0.15) is 11.1 Å². The Hall–Kier alpha value is -1.47. The summed E-state index contributed by atoms with van der Waals surface area (Å²) in [7, 11) is -2.16. The lowest BCUT2D eigenvalue weighted by Gasteiger charge is -2.18. The van der Waals surface area contributed by atoms with Gasteiger partial charge in [-0.3, -0.25) is 4.98 Å². The molecule has 1 aromatic carbocycles. The van der Waals surface area contributed by atoms with Crippen molar-refractivity contribution in [1.29, 1.82) is 0 Å². The first-order chi connectivity index (χ1) is 9.95. The first-order valence-corrected chi connectivity index (χ1v) is 8.10. The van der Waals surface area contributed by atoms with E-state index < -0.39 is 10.0 Å². The lowest BCUT2D eigenvalue weighted by molar-refractivity contribution is 0.466. The number of nitrogens with zero attached hydrogens (tertiary/aromatic N) is 2. The number of benzene rings is 1. The number of hydrogen-bond acceptors (Lipinski definition) is 4. The van der Waals surface area contributed by atoms with Crippen molar-refractivity contribution in [3.8, 4) is 0 Å². The van der Waals surface area contributed by atoms with Crippen LogP contribution in [0.2, 0.25) is 5.02 Å². The van der Waals surface area contributed by atoms with Gasteiger partial charge in [0, 0.05) is 32.5 Å². The van der Waals surface area contributed by atoms with Gasteiger partial charge in [-0.25, -0.2) is 8.42 Å². The molecule has 0 saturated carbocycles. The van der Waals surface area contributed by atoms with Crippen molar-refractivity contribution in [3.05, 3.63) is 58.9 Å². The van der Waals surface area contributed by atoms with Gasteiger partial charge in [-0.2, -0.15) is 4.31 Å². The van der Waals surface area contributed by atoms with E-state index in [0.717, 1.165) is 11.1 Å². The number of pyridine rings is 1. The van der Waals surface area contributed by atoms with Crippen LogP contribution < -0.4 is 5.73 Å². The maximum Gasteiger partial charge on any atom is 0.244 e. The summed E-state index contributed by atoms with van der Waals surface area (Å²) in [6.07, 6.45) is 3.25. The van der Waals surface area contributed by atoms with Crippen molar-refractivity contribution in [3.63, 3.8) is 0 Å². The molecule has 0 fully saturated rings. The fourth-order valence-corrected chi connectivity index (χ4v) is 3.55. The van der Waals surface area contributed by atoms with E-state index in [0.29, 0.717) is 0 Å². The first-order valence-electron chi connectivity index (χ1n) is 6.29. The Labute approximate surface area is 129 Å². The zero-order valence-corrected chi connectivity index (χ0v) is 13.1. The first kappa shape index (κ1) is 15.9. The second-order valence-electron chi connectivity index (χ2n) is 4.59. The minimum atomic E-state index is -3.68. The molecule has 2 N–H and O–H groups in total. The molecule has 0 unspecified atom stereocenters. The van der Waals surface area contributed by atoms with E-state index in [-0.39, 0.29) is 23.0 Å². The SMILES string of the molecule is CN(Cc1ccncc1)S(=O)(=O)c1cc(CN)ccc1Cl. The van der Waals surface area contributed by atoms with Crippen LogP contribution in [0.25, 0.3) is 0 Å². The average molecular weight is 326 g/mol. The highest BCUT2D eigenvalue weighted by molar-refractivity contribution is 7.89. The number of halogens is 1. The molecule has 112 valence electrons. The second kappa shape index (κ2) is 6.53. The van der Waals surface area contributed by atoms with Crippen LogP contribution in [0.5, 0.6) is 0 Å². The van der Waals surface area contributed by atoms with E-state index in [4.69, 9.17) is 17.3 Å². The highest BCUT2D eigenvalue weighted by Gasteiger charge is 2.24. The smallest absolute Gasteiger partial charge is 0.244 e. The van der Waals surface area contributed by atoms with Crippen LogP contribution in [-0.4, -0.2) is 24.8 Å². The third-order valence-electron chi connectivity index (χ3n) is 3.07. The molecule has 2 rings (SSSR count). The second-order valence-corrected chi connectivity index (χ2v) is 7.01. The highest BCUT2D eigenvalue weighted by atomic mass is 35.5. The van der Waals surface area contributed by atoms with Crippen LogP contribution in [0.3, 0.4) is 0 Å². The molecule has 0 bridgehead atoms. The zero-order valence-electron chi connectivity index (χ0n) is 11.5. The molecule has 0 atom stereocenters. The van der Waals surface area contributed by atoms with Gasteiger partial charge in [-0.1, -0.05) is 17.7 Å². The summed E-state index contributed by atoms with van der Waals surface area (Å²) >= 11 is 6.03. The lowest BCUT2D eigenvalue weighted by atomic mass is 10.2. The number of aromatic nitrogens is 1. The van der Waals surface area contributed by atoms with Crippen molar-refractivity contribution < 1.29 is 8.42 Å². The summed E-state index contributed by atoms with van der Waals surface area (Å²) in [5.74, 6) is 0. The Morgan fingerprint density at radius 3 is 2.48 bits per heavy atom. The van der Waals surface area contributed by atoms with Gasteiger partial charge in [0.1, 0.15) is 4.90 Å². The fraction of sp³-hybridized carbons (Fsp3) is 0.214. The summed E-state index contributed by atoms with van der Waals surface area (Å²) in [6.45, 7) is 0.502. The molecule has 0 spiro atoms. The molecule has 0 aliphatic heterocycles. The largest absolute Gasteiger partial charge is 0.326 e. The van der Waals surface area contributed by atoms with Gasteiger partial charge >= 0.3 is 0 Å². The van der Waals surface area contributed by atoms with E-state index >= 15 is 0 Å². The molecule has 1 heterocycles. The van der Waals surface area contributed by atoms with Gasteiger partial charge in [-0.05, 0) is 35.4 Å². The van der Waals surface area contributed by atoms with Gasteiger partial charge in [0.05, 0.1) is 5.02 Å². The molecule has 5 nitrogen and oxygen atoms in total. The Morgan fingerprint density at radius 1 is 1.19 bits per heavy atom. The normalized spacial score (nSPS) is 11.8. The summed E-state index contributed by atoms with van der Waals surface area (Å²) in [5, 5.41) is 0.189. The van der Waals surface area contributed by atoms with Crippen molar-refractivity contribution in [1.82, 2.24) is 9.29 Å². The Kier molecular flexibility index (Phi) is 4.95. The topological polar surface area (TPSA) is 76.3 Å². The summed E-state index contributed by atoms with van der Waals surface area (Å²) in [5.41, 5.74) is 7.12. The molecule has 21 heavy (non-hydrogen) atoms. The van der Waals surface area contributed by atoms with Gasteiger partial charge in [0.15, 0.2) is 0 Å². The van der Waals surface area contributed by atoms with Crippen molar-refractivity contribution in [2.24, 2.45) is 5.73 Å². The van der Waals surface area contributed by atoms with Crippen molar-refractivity contribution >= 4 is 21.6 Å². The number of nitrogens with two attached hydrogens (primary N) is 1. The van der Waals surface area contributed by atoms with Gasteiger partial charge in [0.2, 0.25) is 10.0 Å². The van der Waals surface area contributed by atoms with E-state index in [1.54, 1.807) is 36.7 Å². The van der Waals surface area contributed by atoms with Crippen molar-refractivity contribution in [2.75, 3.05) is 7.05 Å². The standard InChI is InChI=1S/C14H16ClN3O2S/c1-18(10-11-4-6-17-7-5-11)21(19,20)14-8-12(9-16)2-3-13(14)15/h2-8H,9-10,16H2,1H3. The molecule has 7 heteroatoms. The van der Waals surface area contributed by atoms with Crippen LogP contribution in [0.15, 0.2) is 47.6 Å².